The van der Waals surface area contributed by atoms with Gasteiger partial charge in [0.25, 0.3) is 0 Å². The summed E-state index contributed by atoms with van der Waals surface area (Å²) >= 11 is 0.461. The second kappa shape index (κ2) is 6.24. The normalized spacial score (nSPS) is 9.14. The van der Waals surface area contributed by atoms with Crippen molar-refractivity contribution in [1.29, 1.82) is 0 Å². The van der Waals surface area contributed by atoms with Crippen LogP contribution in [0.25, 0.3) is 0 Å². The molecule has 0 aliphatic carbocycles. The third-order valence-corrected chi connectivity index (χ3v) is 3.31. The van der Waals surface area contributed by atoms with Gasteiger partial charge in [0.05, 0.1) is 0 Å². The number of hydrogen-bond donors (Lipinski definition) is 0. The van der Waals surface area contributed by atoms with Crippen LogP contribution in [0.1, 0.15) is 0 Å². The molecule has 0 aliphatic heterocycles. The average molecular weight is 333 g/mol. The van der Waals surface area contributed by atoms with Crippen molar-refractivity contribution in [2.24, 2.45) is 0 Å². The average Bonchev–Trinajstić information content (AvgIpc) is 2.21. The van der Waals surface area contributed by atoms with Gasteiger partial charge in [-0.05, 0) is 0 Å². The van der Waals surface area contributed by atoms with Crippen molar-refractivity contribution in [2.45, 2.75) is 0 Å². The molecule has 0 saturated carbocycles. The molecule has 0 fully saturated rings. The van der Waals surface area contributed by atoms with Gasteiger partial charge >= 0.3 is 84.7 Å². The second-order valence-electron chi connectivity index (χ2n) is 2.73. The summed E-state index contributed by atoms with van der Waals surface area (Å²) in [4.78, 5) is 0. The van der Waals surface area contributed by atoms with Crippen LogP contribution in [-0.4, -0.2) is 0 Å². The fourth-order valence-corrected chi connectivity index (χ4v) is 2.45. The second-order valence-corrected chi connectivity index (χ2v) is 4.52. The Morgan fingerprint density at radius 1 is 0.571 bits per heavy atom. The molecule has 71 valence electrons. The van der Waals surface area contributed by atoms with E-state index in [4.69, 9.17) is 0 Å². The van der Waals surface area contributed by atoms with E-state index in [2.05, 4.69) is 60.7 Å². The maximum absolute atomic E-state index is 2.19. The summed E-state index contributed by atoms with van der Waals surface area (Å²) in [7, 11) is 0. The fourth-order valence-electron chi connectivity index (χ4n) is 1.11. The summed E-state index contributed by atoms with van der Waals surface area (Å²) in [5, 5.41) is 0. The van der Waals surface area contributed by atoms with Crippen LogP contribution in [0.4, 0.5) is 0 Å². The van der Waals surface area contributed by atoms with E-state index in [1.807, 2.05) is 0 Å². The molecule has 0 spiro atoms. The standard InChI is InChI=1S/2C6H5.Cr.I/c2*1-2-4-6-5-3-1;;/h2*1-5H;;. The Morgan fingerprint density at radius 2 is 0.929 bits per heavy atom. The first-order valence-electron chi connectivity index (χ1n) is 4.23. The molecule has 1 radical (unpaired) electrons. The topological polar surface area (TPSA) is 0 Å². The van der Waals surface area contributed by atoms with Crippen LogP contribution < -0.4 is 8.85 Å². The van der Waals surface area contributed by atoms with Crippen molar-refractivity contribution in [3.63, 3.8) is 0 Å². The molecule has 0 bridgehead atoms. The van der Waals surface area contributed by atoms with Crippen LogP contribution in [0, 0.1) is 0 Å². The number of rotatable bonds is 2. The van der Waals surface area contributed by atoms with Gasteiger partial charge in [-0.15, -0.1) is 0 Å². The molecule has 0 unspecified atom stereocenters. The summed E-state index contributed by atoms with van der Waals surface area (Å²) < 4.78 is 2.86. The van der Waals surface area contributed by atoms with Crippen molar-refractivity contribution >= 4 is 32.8 Å². The number of halogens is 1. The summed E-state index contributed by atoms with van der Waals surface area (Å²) in [5.41, 5.74) is 0. The van der Waals surface area contributed by atoms with E-state index < -0.39 is 0 Å². The third kappa shape index (κ3) is 3.45. The zero-order valence-electron chi connectivity index (χ0n) is 7.56. The fraction of sp³-hybridized carbons (Fsp3) is 0. The van der Waals surface area contributed by atoms with E-state index in [9.17, 15) is 0 Å². The molecule has 0 aliphatic rings. The van der Waals surface area contributed by atoms with Gasteiger partial charge in [0.15, 0.2) is 0 Å². The Labute approximate surface area is 108 Å². The Kier molecular flexibility index (Phi) is 5.24. The molecule has 0 aromatic heterocycles. The van der Waals surface area contributed by atoms with Crippen molar-refractivity contribution in [3.05, 3.63) is 60.7 Å². The van der Waals surface area contributed by atoms with E-state index in [-0.39, 0.29) is 24.0 Å². The van der Waals surface area contributed by atoms with Crippen molar-refractivity contribution in [3.8, 4) is 0 Å². The molecule has 2 aromatic rings. The van der Waals surface area contributed by atoms with E-state index in [0.717, 1.165) is 0 Å². The van der Waals surface area contributed by atoms with Crippen LogP contribution in [0.5, 0.6) is 0 Å². The molecule has 2 aromatic carbocycles. The molecule has 0 atom stereocenters. The van der Waals surface area contributed by atoms with Crippen LogP contribution in [0.3, 0.4) is 0 Å². The van der Waals surface area contributed by atoms with Crippen LogP contribution in [-0.2, 0) is 15.2 Å². The van der Waals surface area contributed by atoms with Crippen LogP contribution in [0.2, 0.25) is 0 Å². The third-order valence-electron chi connectivity index (χ3n) is 1.72. The molecule has 2 rings (SSSR count). The van der Waals surface area contributed by atoms with Crippen molar-refractivity contribution < 1.29 is 15.2 Å². The Morgan fingerprint density at radius 3 is 1.29 bits per heavy atom. The SMILES string of the molecule is [I].c1cc[c]([Cr][c]2ccccc2)cc1. The van der Waals surface area contributed by atoms with Crippen molar-refractivity contribution in [1.82, 2.24) is 0 Å². The molecule has 0 saturated heterocycles. The van der Waals surface area contributed by atoms with E-state index in [1.54, 1.807) is 0 Å². The quantitative estimate of drug-likeness (QED) is 0.742. The van der Waals surface area contributed by atoms with Crippen molar-refractivity contribution in [2.75, 3.05) is 0 Å². The summed E-state index contributed by atoms with van der Waals surface area (Å²) in [5.74, 6) is 0. The Bertz CT molecular complexity index is 321. The number of benzene rings is 2. The first-order valence-corrected chi connectivity index (χ1v) is 5.50. The Hall–Kier alpha value is -0.298. The van der Waals surface area contributed by atoms with Gasteiger partial charge in [-0.25, -0.2) is 0 Å². The van der Waals surface area contributed by atoms with Crippen LogP contribution >= 0.6 is 24.0 Å². The van der Waals surface area contributed by atoms with Gasteiger partial charge in [0.1, 0.15) is 0 Å². The Balaban J connectivity index is 0.000000980. The number of hydrogen-bond acceptors (Lipinski definition) is 0. The van der Waals surface area contributed by atoms with Gasteiger partial charge in [-0.2, -0.15) is 0 Å². The molecule has 0 nitrogen and oxygen atoms in total. The molecule has 0 heterocycles. The summed E-state index contributed by atoms with van der Waals surface area (Å²) in [6.07, 6.45) is 0. The van der Waals surface area contributed by atoms with Gasteiger partial charge in [0.2, 0.25) is 0 Å². The molecule has 14 heavy (non-hydrogen) atoms. The van der Waals surface area contributed by atoms with Crippen LogP contribution in [0.15, 0.2) is 60.7 Å². The van der Waals surface area contributed by atoms with Gasteiger partial charge < -0.3 is 0 Å². The van der Waals surface area contributed by atoms with E-state index in [1.165, 1.54) is 8.85 Å². The molecular weight excluding hydrogens is 323 g/mol. The molecule has 0 N–H and O–H groups in total. The predicted octanol–water partition coefficient (Wildman–Crippen LogP) is 2.61. The minimum atomic E-state index is 0. The summed E-state index contributed by atoms with van der Waals surface area (Å²) in [6.45, 7) is 0. The molecule has 2 heteroatoms. The zero-order valence-corrected chi connectivity index (χ0v) is 11.0. The molecule has 0 amide bonds. The predicted molar refractivity (Wildman–Crippen MR) is 66.2 cm³/mol. The monoisotopic (exact) mass is 333 g/mol. The van der Waals surface area contributed by atoms with Gasteiger partial charge in [0, 0.05) is 24.0 Å². The molecular formula is C12H10CrI. The van der Waals surface area contributed by atoms with Gasteiger partial charge in [-0.3, -0.25) is 0 Å². The summed E-state index contributed by atoms with van der Waals surface area (Å²) in [6, 6.07) is 21.3. The first-order chi connectivity index (χ1) is 6.45. The zero-order chi connectivity index (χ0) is 8.93. The minimum absolute atomic E-state index is 0. The maximum atomic E-state index is 2.19. The first kappa shape index (κ1) is 11.8. The van der Waals surface area contributed by atoms with E-state index >= 15 is 0 Å². The van der Waals surface area contributed by atoms with E-state index in [0.29, 0.717) is 15.2 Å². The van der Waals surface area contributed by atoms with Gasteiger partial charge in [-0.1, -0.05) is 0 Å².